The maximum atomic E-state index is 11.4. The molecule has 4 heteroatoms. The lowest BCUT2D eigenvalue weighted by molar-refractivity contribution is 0.477. The monoisotopic (exact) mass is 788 g/mol. The van der Waals surface area contributed by atoms with Crippen LogP contribution in [0.15, 0.2) is 182 Å². The molecule has 7 aromatic carbocycles. The maximum absolute atomic E-state index is 11.4. The summed E-state index contributed by atoms with van der Waals surface area (Å²) in [6.07, 6.45) is 1.67. The minimum absolute atomic E-state index is 0.103. The molecule has 2 heterocycles. The number of rotatable bonds is 7. The lowest BCUT2D eigenvalue weighted by Gasteiger charge is -2.22. The summed E-state index contributed by atoms with van der Waals surface area (Å²) < 4.78 is 75.8. The Morgan fingerprint density at radius 3 is 1.78 bits per heavy atom. The molecule has 1 N–H and O–H groups in total. The van der Waals surface area contributed by atoms with E-state index in [1.807, 2.05) is 78.9 Å². The van der Waals surface area contributed by atoms with E-state index in [9.17, 15) is 5.11 Å². The fourth-order valence-electron chi connectivity index (χ4n) is 7.82. The molecular formula is C56H49N3O. The molecule has 9 aromatic rings. The minimum atomic E-state index is -3.37. The van der Waals surface area contributed by atoms with Crippen LogP contribution in [0.1, 0.15) is 64.8 Å². The van der Waals surface area contributed by atoms with Gasteiger partial charge in [0.1, 0.15) is 11.6 Å². The van der Waals surface area contributed by atoms with Gasteiger partial charge in [0, 0.05) is 35.3 Å². The van der Waals surface area contributed by atoms with Gasteiger partial charge in [0.05, 0.1) is 22.3 Å². The summed E-state index contributed by atoms with van der Waals surface area (Å²) in [5, 5.41) is 11.4. The molecule has 0 fully saturated rings. The van der Waals surface area contributed by atoms with Crippen molar-refractivity contribution in [2.24, 2.45) is 0 Å². The van der Waals surface area contributed by atoms with Crippen molar-refractivity contribution in [3.8, 4) is 78.6 Å². The molecule has 0 saturated heterocycles. The Morgan fingerprint density at radius 1 is 0.483 bits per heavy atom. The molecule has 0 atom stereocenters. The minimum Gasteiger partial charge on any atom is -0.507 e. The molecule has 0 spiro atoms. The number of hydrogen-bond donors (Lipinski definition) is 1. The summed E-state index contributed by atoms with van der Waals surface area (Å²) in [5.74, 6) is 0.681. The molecule has 0 radical (unpaired) electrons. The van der Waals surface area contributed by atoms with Crippen LogP contribution in [0.25, 0.3) is 83.9 Å². The van der Waals surface area contributed by atoms with E-state index < -0.39 is 26.0 Å². The summed E-state index contributed by atoms with van der Waals surface area (Å²) in [6, 6.07) is 55.9. The lowest BCUT2D eigenvalue weighted by Crippen LogP contribution is -2.12. The van der Waals surface area contributed by atoms with Gasteiger partial charge in [-0.2, -0.15) is 0 Å². The van der Waals surface area contributed by atoms with Gasteiger partial charge in [-0.25, -0.2) is 4.98 Å². The molecule has 0 amide bonds. The first-order valence-corrected chi connectivity index (χ1v) is 20.0. The highest BCUT2D eigenvalue weighted by Crippen LogP contribution is 2.41. The summed E-state index contributed by atoms with van der Waals surface area (Å²) in [4.78, 5) is 10.2. The van der Waals surface area contributed by atoms with Crippen LogP contribution < -0.4 is 0 Å². The molecule has 60 heavy (non-hydrogen) atoms. The van der Waals surface area contributed by atoms with Gasteiger partial charge < -0.3 is 5.11 Å². The third kappa shape index (κ3) is 7.53. The van der Waals surface area contributed by atoms with E-state index in [1.54, 1.807) is 36.5 Å². The first kappa shape index (κ1) is 29.2. The van der Waals surface area contributed by atoms with E-state index >= 15 is 0 Å². The molecule has 0 bridgehead atoms. The molecule has 0 saturated carbocycles. The largest absolute Gasteiger partial charge is 0.507 e. The van der Waals surface area contributed by atoms with Gasteiger partial charge in [-0.3, -0.25) is 9.55 Å². The van der Waals surface area contributed by atoms with Crippen molar-refractivity contribution in [1.29, 1.82) is 0 Å². The van der Waals surface area contributed by atoms with Crippen LogP contribution in [0.3, 0.4) is 0 Å². The lowest BCUT2D eigenvalue weighted by atomic mass is 9.85. The number of fused-ring (bicyclic) bond motifs is 1. The topological polar surface area (TPSA) is 50.9 Å². The summed E-state index contributed by atoms with van der Waals surface area (Å²) >= 11 is 0. The first-order valence-electron chi connectivity index (χ1n) is 24.5. The Hall–Kier alpha value is -7.04. The van der Waals surface area contributed by atoms with Gasteiger partial charge in [-0.05, 0) is 122 Å². The molecule has 2 aromatic heterocycles. The van der Waals surface area contributed by atoms with Crippen molar-refractivity contribution >= 4 is 11.0 Å². The second kappa shape index (κ2) is 15.3. The van der Waals surface area contributed by atoms with E-state index in [0.29, 0.717) is 28.2 Å². The van der Waals surface area contributed by atoms with Gasteiger partial charge in [0.15, 0.2) is 0 Å². The Labute approximate surface area is 366 Å². The number of nitrogens with zero attached hydrogens (tertiary/aromatic N) is 3. The van der Waals surface area contributed by atoms with Crippen molar-refractivity contribution in [1.82, 2.24) is 14.5 Å². The van der Waals surface area contributed by atoms with Crippen molar-refractivity contribution < 1.29 is 17.4 Å². The van der Waals surface area contributed by atoms with Crippen LogP contribution in [-0.4, -0.2) is 19.6 Å². The number of imidazole rings is 1. The highest BCUT2D eigenvalue weighted by atomic mass is 16.3. The summed E-state index contributed by atoms with van der Waals surface area (Å²) in [5.41, 5.74) is 9.04. The number of aromatic hydroxyl groups is 1. The zero-order chi connectivity index (χ0) is 49.1. The molecule has 4 nitrogen and oxygen atoms in total. The number of pyridine rings is 1. The number of hydrogen-bond acceptors (Lipinski definition) is 3. The van der Waals surface area contributed by atoms with E-state index in [1.165, 1.54) is 12.1 Å². The van der Waals surface area contributed by atoms with Crippen molar-refractivity contribution in [3.05, 3.63) is 193 Å². The molecular weight excluding hydrogens is 731 g/mol. The summed E-state index contributed by atoms with van der Waals surface area (Å²) in [7, 11) is 0. The van der Waals surface area contributed by atoms with E-state index in [2.05, 4.69) is 79.9 Å². The van der Waals surface area contributed by atoms with E-state index in [-0.39, 0.29) is 16.7 Å². The normalized spacial score (nSPS) is 14.8. The zero-order valence-electron chi connectivity index (χ0n) is 42.6. The van der Waals surface area contributed by atoms with Crippen LogP contribution >= 0.6 is 0 Å². The van der Waals surface area contributed by atoms with Crippen molar-refractivity contribution in [3.63, 3.8) is 0 Å². The smallest absolute Gasteiger partial charge is 0.149 e. The standard InChI is InChI=1S/C56H49N3O/c1-55(2,3)45-26-24-39(25-27-45)40-28-29-57-50(35-40)44-31-41(37-16-9-7-10-17-37)30-43(32-44)48-21-15-22-51-53(48)58-54(49-20-13-14-23-52(49)60)59(51)47-34-42(38-18-11-8-12-19-38)33-46(36-47)56(4,5)6/h7-36,60H,1-6H3/i1D3,2D3,3D3. The average Bonchev–Trinajstić information content (AvgIpc) is 3.70. The van der Waals surface area contributed by atoms with E-state index in [0.717, 1.165) is 61.2 Å². The van der Waals surface area contributed by atoms with Crippen LogP contribution in [0.2, 0.25) is 0 Å². The Kier molecular flexibility index (Phi) is 7.44. The first-order chi connectivity index (χ1) is 32.7. The molecule has 0 aliphatic heterocycles. The molecule has 9 rings (SSSR count). The SMILES string of the molecule is [2H]C([2H])([2H])C(c1ccc(-c2ccnc(-c3cc(-c4ccccc4)cc(-c4cccc5c4nc(-c4ccccc4O)n5-c4cc(-c5ccccc5)cc(C(C)(C)C)c4)c3)c2)cc1)(C([2H])([2H])[2H])C([2H])([2H])[2H]. The Morgan fingerprint density at radius 2 is 1.10 bits per heavy atom. The number of phenols is 1. The van der Waals surface area contributed by atoms with Crippen molar-refractivity contribution in [2.45, 2.75) is 52.2 Å². The molecule has 0 unspecified atom stereocenters. The highest BCUT2D eigenvalue weighted by Gasteiger charge is 2.23. The highest BCUT2D eigenvalue weighted by molar-refractivity contribution is 5.98. The third-order valence-corrected chi connectivity index (χ3v) is 11.0. The van der Waals surface area contributed by atoms with Crippen LogP contribution in [-0.2, 0) is 10.8 Å². The molecule has 0 aliphatic carbocycles. The average molecular weight is 789 g/mol. The third-order valence-electron chi connectivity index (χ3n) is 11.0. The van der Waals surface area contributed by atoms with Gasteiger partial charge in [-0.15, -0.1) is 0 Å². The predicted octanol–water partition coefficient (Wildman–Crippen LogP) is 14.7. The second-order valence-corrected chi connectivity index (χ2v) is 16.3. The summed E-state index contributed by atoms with van der Waals surface area (Å²) in [6.45, 7) is -3.51. The van der Waals surface area contributed by atoms with Gasteiger partial charge in [0.25, 0.3) is 0 Å². The Bertz CT molecular complexity index is 3300. The molecule has 294 valence electrons. The quantitative estimate of drug-likeness (QED) is 0.175. The number of para-hydroxylation sites is 2. The fraction of sp³-hybridized carbons (Fsp3) is 0.143. The second-order valence-electron chi connectivity index (χ2n) is 16.3. The van der Waals surface area contributed by atoms with Crippen LogP contribution in [0, 0.1) is 0 Å². The van der Waals surface area contributed by atoms with Crippen LogP contribution in [0.4, 0.5) is 0 Å². The molecule has 0 aliphatic rings. The van der Waals surface area contributed by atoms with E-state index in [4.69, 9.17) is 22.3 Å². The zero-order valence-corrected chi connectivity index (χ0v) is 33.6. The number of phenolic OH excluding ortho intramolecular Hbond substituents is 1. The number of aromatic nitrogens is 3. The van der Waals surface area contributed by atoms with Crippen LogP contribution in [0.5, 0.6) is 5.75 Å². The number of benzene rings is 7. The van der Waals surface area contributed by atoms with Gasteiger partial charge in [0.2, 0.25) is 0 Å². The van der Waals surface area contributed by atoms with Gasteiger partial charge in [-0.1, -0.05) is 157 Å². The van der Waals surface area contributed by atoms with Gasteiger partial charge >= 0.3 is 0 Å². The maximum Gasteiger partial charge on any atom is 0.149 e. The predicted molar refractivity (Wildman–Crippen MR) is 251 cm³/mol. The van der Waals surface area contributed by atoms with Crippen molar-refractivity contribution in [2.75, 3.05) is 0 Å². The fourth-order valence-corrected chi connectivity index (χ4v) is 7.82. The Balaban J connectivity index is 1.23.